The molecule has 23 N–H and O–H groups in total. The van der Waals surface area contributed by atoms with Crippen LogP contribution in [0.25, 0.3) is 0 Å². The molecule has 0 unspecified atom stereocenters. The largest absolute Gasteiger partial charge is 0.370 e. The molecule has 29 heteroatoms. The van der Waals surface area contributed by atoms with Gasteiger partial charge in [0, 0.05) is 51.9 Å². The van der Waals surface area contributed by atoms with Crippen LogP contribution in [0.4, 0.5) is 0 Å². The Balaban J connectivity index is 1.55. The molecule has 4 atom stereocenters. The van der Waals surface area contributed by atoms with Crippen molar-refractivity contribution in [3.63, 3.8) is 0 Å². The van der Waals surface area contributed by atoms with Crippen molar-refractivity contribution >= 4 is 117 Å². The van der Waals surface area contributed by atoms with Gasteiger partial charge in [-0.05, 0) is 122 Å². The third-order valence-electron chi connectivity index (χ3n) is 12.9. The number of primary amides is 1. The fraction of sp³-hybridized carbons (Fsp3) is 0.357. The predicted octanol–water partition coefficient (Wildman–Crippen LogP) is 1.78. The Hall–Kier alpha value is -8.36. The first-order chi connectivity index (χ1) is 40.2. The zero-order valence-corrected chi connectivity index (χ0v) is 49.4. The fourth-order valence-electron chi connectivity index (χ4n) is 8.59. The second-order valence-electron chi connectivity index (χ2n) is 19.7. The van der Waals surface area contributed by atoms with E-state index in [0.29, 0.717) is 41.6 Å². The van der Waals surface area contributed by atoms with E-state index in [0.717, 1.165) is 0 Å². The number of ketones is 4. The van der Waals surface area contributed by atoms with Gasteiger partial charge in [-0.1, -0.05) is 70.7 Å². The average Bonchev–Trinajstić information content (AvgIpc) is 3.56. The van der Waals surface area contributed by atoms with Gasteiger partial charge in [0.2, 0.25) is 5.91 Å². The van der Waals surface area contributed by atoms with Gasteiger partial charge >= 0.3 is 0 Å². The van der Waals surface area contributed by atoms with Crippen LogP contribution >= 0.6 is 46.4 Å². The number of benzene rings is 4. The van der Waals surface area contributed by atoms with E-state index in [1.807, 2.05) is 0 Å². The maximum absolute atomic E-state index is 14.3. The van der Waals surface area contributed by atoms with E-state index in [4.69, 9.17) is 104 Å². The number of nitrogens with zero attached hydrogens (tertiary/aromatic N) is 4. The van der Waals surface area contributed by atoms with Crippen molar-refractivity contribution in [3.05, 3.63) is 137 Å². The summed E-state index contributed by atoms with van der Waals surface area (Å²) in [4.78, 5) is 125. The normalized spacial score (nSPS) is 12.2. The number of carbonyl (C=O) groups excluding carboxylic acids is 8. The zero-order valence-electron chi connectivity index (χ0n) is 46.4. The summed E-state index contributed by atoms with van der Waals surface area (Å²) < 4.78 is 0. The van der Waals surface area contributed by atoms with Crippen molar-refractivity contribution < 1.29 is 38.4 Å². The highest BCUT2D eigenvalue weighted by molar-refractivity contribution is 6.35. The van der Waals surface area contributed by atoms with Gasteiger partial charge in [0.15, 0.2) is 47.0 Å². The van der Waals surface area contributed by atoms with Gasteiger partial charge in [-0.3, -0.25) is 58.3 Å². The fourth-order valence-corrected chi connectivity index (χ4v) is 9.41. The minimum atomic E-state index is -1.18. The molecule has 0 saturated carbocycles. The molecule has 0 bridgehead atoms. The van der Waals surface area contributed by atoms with Crippen LogP contribution in [0.1, 0.15) is 115 Å². The van der Waals surface area contributed by atoms with Crippen LogP contribution in [-0.2, 0) is 44.9 Å². The first-order valence-corrected chi connectivity index (χ1v) is 28.2. The lowest BCUT2D eigenvalue weighted by molar-refractivity contribution is -0.121. The molecule has 25 nitrogen and oxygen atoms in total. The Morgan fingerprint density at radius 1 is 0.365 bits per heavy atom. The smallest absolute Gasteiger partial charge is 0.253 e. The minimum absolute atomic E-state index is 0.00541. The van der Waals surface area contributed by atoms with E-state index in [1.165, 1.54) is 60.7 Å². The zero-order chi connectivity index (χ0) is 62.9. The molecule has 4 aromatic carbocycles. The predicted molar refractivity (Wildman–Crippen MR) is 331 cm³/mol. The summed E-state index contributed by atoms with van der Waals surface area (Å²) in [5.74, 6) is -5.36. The van der Waals surface area contributed by atoms with E-state index in [9.17, 15) is 38.4 Å². The van der Waals surface area contributed by atoms with Crippen LogP contribution in [0.3, 0.4) is 0 Å². The lowest BCUT2D eigenvalue weighted by Crippen LogP contribution is -2.42. The molecular weight excluding hydrogens is 1180 g/mol. The summed E-state index contributed by atoms with van der Waals surface area (Å²) in [5.41, 5.74) is 56.8. The van der Waals surface area contributed by atoms with Crippen LogP contribution in [0.2, 0.25) is 20.1 Å². The molecule has 0 fully saturated rings. The number of nitrogens with two attached hydrogens (primary N) is 10. The number of amides is 4. The quantitative estimate of drug-likeness (QED) is 0.0177. The monoisotopic (exact) mass is 1250 g/mol. The molecule has 0 heterocycles. The third-order valence-corrected chi connectivity index (χ3v) is 14.3. The first kappa shape index (κ1) is 69.1. The Morgan fingerprint density at radius 2 is 0.612 bits per heavy atom. The number of carbonyl (C=O) groups is 8. The molecule has 0 radical (unpaired) electrons. The molecule has 4 rings (SSSR count). The number of guanidine groups is 4. The van der Waals surface area contributed by atoms with E-state index in [2.05, 4.69) is 35.9 Å². The highest BCUT2D eigenvalue weighted by atomic mass is 35.5. The Bertz CT molecular complexity index is 3210. The third kappa shape index (κ3) is 23.7. The van der Waals surface area contributed by atoms with Gasteiger partial charge in [0.1, 0.15) is 0 Å². The number of aliphatic imine (C=N–C) groups is 4. The van der Waals surface area contributed by atoms with E-state index in [1.54, 1.807) is 12.1 Å². The van der Waals surface area contributed by atoms with Crippen LogP contribution in [0.5, 0.6) is 0 Å². The minimum Gasteiger partial charge on any atom is -0.370 e. The Morgan fingerprint density at radius 3 is 0.882 bits per heavy atom. The van der Waals surface area contributed by atoms with Gasteiger partial charge < -0.3 is 73.3 Å². The lowest BCUT2D eigenvalue weighted by atomic mass is 9.96. The number of Topliss-reactive ketones (excluding diaryl/α,β-unsaturated/α-hetero) is 4. The molecule has 4 amide bonds. The summed E-state index contributed by atoms with van der Waals surface area (Å²) in [6, 6.07) is 13.2. The second kappa shape index (κ2) is 34.4. The topological polar surface area (TPSA) is 482 Å². The lowest BCUT2D eigenvalue weighted by Gasteiger charge is -2.20. The number of rotatable bonds is 35. The van der Waals surface area contributed by atoms with Crippen LogP contribution in [-0.4, -0.2) is 121 Å². The summed E-state index contributed by atoms with van der Waals surface area (Å²) in [6.07, 6.45) is 0.786. The highest BCUT2D eigenvalue weighted by Crippen LogP contribution is 2.24. The Kier molecular flexibility index (Phi) is 28.0. The summed E-state index contributed by atoms with van der Waals surface area (Å²) in [6.45, 7) is 0.661. The van der Waals surface area contributed by atoms with Crippen LogP contribution in [0, 0.1) is 0 Å². The summed E-state index contributed by atoms with van der Waals surface area (Å²) in [5, 5.41) is 8.36. The molecule has 85 heavy (non-hydrogen) atoms. The van der Waals surface area contributed by atoms with Gasteiger partial charge in [0.05, 0.1) is 66.5 Å². The van der Waals surface area contributed by atoms with Crippen molar-refractivity contribution in [2.75, 3.05) is 26.2 Å². The SMILES string of the molecule is NC(=O)c1cc(CC(=O)[C@@H](CCCN=C(N)N)NC(=O)c2cc(CC(=O)[C@@H](CCCN=C(N)N)NC(=O)c3cc(CC(=O)[C@@H](CCCN=C(N)N)NC(=O)c4cc(CC(=O)[C@H](N)CCCN=C(N)N)ccc4Cl)ccc3Cl)ccc2Cl)ccc1Cl. The molecule has 456 valence electrons. The van der Waals surface area contributed by atoms with Crippen molar-refractivity contribution in [1.82, 2.24) is 16.0 Å². The second-order valence-corrected chi connectivity index (χ2v) is 21.3. The maximum atomic E-state index is 14.3. The standard InChI is InChI=1S/C56H71Cl4N17O8/c57-37-13-9-29(21-33(37)49(62)82)26-46(79)42(6-2-18-72-54(65)66)75-51(84)35-23-31(11-15-39(35)59)28-48(81)44(8-4-20-74-56(69)70)77-52(85)36-24-32(12-16-40(36)60)27-47(80)43(7-3-19-73-55(67)68)76-50(83)34-22-30(10-14-38(34)58)25-45(78)41(61)5-1-17-71-53(63)64/h9-16,21-24,41-44H,1-8,17-20,25-28,61H2,(H2,62,82)(H,75,84)(H,76,83)(H,77,85)(H4,63,64,71)(H4,65,66,72)(H4,67,68,73)(H4,69,70,74)/t41-,42-,43-,44-/m1/s1. The maximum Gasteiger partial charge on any atom is 0.253 e. The van der Waals surface area contributed by atoms with E-state index >= 15 is 0 Å². The van der Waals surface area contributed by atoms with Gasteiger partial charge in [0.25, 0.3) is 17.7 Å². The molecule has 4 aromatic rings. The van der Waals surface area contributed by atoms with Crippen molar-refractivity contribution in [2.45, 2.75) is 101 Å². The number of nitrogens with one attached hydrogen (secondary N) is 3. The number of halogens is 4. The summed E-state index contributed by atoms with van der Waals surface area (Å²) >= 11 is 25.8. The molecule has 0 saturated heterocycles. The van der Waals surface area contributed by atoms with Gasteiger partial charge in [-0.15, -0.1) is 0 Å². The Labute approximate surface area is 510 Å². The van der Waals surface area contributed by atoms with Crippen molar-refractivity contribution in [1.29, 1.82) is 0 Å². The molecule has 0 aliphatic heterocycles. The van der Waals surface area contributed by atoms with Crippen LogP contribution in [0.15, 0.2) is 92.8 Å². The molecular formula is C56H71Cl4N17O8. The molecule has 0 spiro atoms. The molecule has 0 aliphatic carbocycles. The number of hydrogen-bond acceptors (Lipinski definition) is 13. The average molecular weight is 1250 g/mol. The summed E-state index contributed by atoms with van der Waals surface area (Å²) in [7, 11) is 0. The van der Waals surface area contributed by atoms with Crippen LogP contribution < -0.4 is 73.3 Å². The molecule has 0 aromatic heterocycles. The van der Waals surface area contributed by atoms with Gasteiger partial charge in [-0.25, -0.2) is 0 Å². The van der Waals surface area contributed by atoms with E-state index in [-0.39, 0.29) is 156 Å². The molecule has 0 aliphatic rings. The van der Waals surface area contributed by atoms with Crippen molar-refractivity contribution in [2.24, 2.45) is 77.3 Å². The number of hydrogen-bond donors (Lipinski definition) is 13. The highest BCUT2D eigenvalue weighted by Gasteiger charge is 2.28. The van der Waals surface area contributed by atoms with E-state index < -0.39 is 65.1 Å². The van der Waals surface area contributed by atoms with Crippen molar-refractivity contribution in [3.8, 4) is 0 Å². The first-order valence-electron chi connectivity index (χ1n) is 26.7. The van der Waals surface area contributed by atoms with Gasteiger partial charge in [-0.2, -0.15) is 0 Å².